The summed E-state index contributed by atoms with van der Waals surface area (Å²) in [5, 5.41) is 16.7. The highest BCUT2D eigenvalue weighted by Gasteiger charge is 2.31. The number of aromatic nitrogens is 6. The molecular formula is C22H20N8OS3. The van der Waals surface area contributed by atoms with Crippen molar-refractivity contribution >= 4 is 68.3 Å². The average molecular weight is 509 g/mol. The summed E-state index contributed by atoms with van der Waals surface area (Å²) >= 11 is 8.32. The molecule has 1 aromatic carbocycles. The Morgan fingerprint density at radius 2 is 2.06 bits per heavy atom. The number of thioether (sulfide) groups is 1. The zero-order chi connectivity index (χ0) is 23.5. The first-order valence-electron chi connectivity index (χ1n) is 10.7. The Hall–Kier alpha value is -3.22. The molecule has 0 bridgehead atoms. The minimum absolute atomic E-state index is 0.0469. The lowest BCUT2D eigenvalue weighted by Gasteiger charge is -2.13. The molecule has 9 nitrogen and oxygen atoms in total. The van der Waals surface area contributed by atoms with E-state index in [1.807, 2.05) is 41.8 Å². The van der Waals surface area contributed by atoms with Crippen LogP contribution in [0, 0.1) is 0 Å². The molecule has 12 heteroatoms. The molecule has 3 aromatic heterocycles. The Morgan fingerprint density at radius 3 is 2.91 bits per heavy atom. The monoisotopic (exact) mass is 508 g/mol. The van der Waals surface area contributed by atoms with Crippen LogP contribution in [0.1, 0.15) is 30.0 Å². The lowest BCUT2D eigenvalue weighted by molar-refractivity contribution is -0.122. The quantitative estimate of drug-likeness (QED) is 0.206. The van der Waals surface area contributed by atoms with Crippen LogP contribution in [-0.2, 0) is 11.2 Å². The first kappa shape index (κ1) is 22.6. The van der Waals surface area contributed by atoms with E-state index in [0.717, 1.165) is 47.0 Å². The lowest BCUT2D eigenvalue weighted by Crippen LogP contribution is -2.29. The van der Waals surface area contributed by atoms with Crippen LogP contribution < -0.4 is 5.73 Å². The third-order valence-electron chi connectivity index (χ3n) is 5.33. The predicted octanol–water partition coefficient (Wildman–Crippen LogP) is 4.07. The zero-order valence-electron chi connectivity index (χ0n) is 18.0. The number of carbonyl (C=O) groups excluding carboxylic acids is 1. The SMILES string of the molecule is Nc1nc(-c2csc(/C=C3\SC(=S)N(CCCCCc4nn[nH]n4)C3=O)c2)nc2ccccc12. The third-order valence-corrected chi connectivity index (χ3v) is 7.59. The normalized spacial score (nSPS) is 15.2. The fourth-order valence-electron chi connectivity index (χ4n) is 3.62. The Kier molecular flexibility index (Phi) is 6.61. The van der Waals surface area contributed by atoms with E-state index in [0.29, 0.717) is 33.2 Å². The molecule has 34 heavy (non-hydrogen) atoms. The minimum Gasteiger partial charge on any atom is -0.383 e. The number of anilines is 1. The van der Waals surface area contributed by atoms with Gasteiger partial charge in [0, 0.05) is 34.2 Å². The second-order valence-corrected chi connectivity index (χ2v) is 10.3. The second-order valence-electron chi connectivity index (χ2n) is 7.66. The number of thiophene rings is 1. The molecule has 1 amide bonds. The van der Waals surface area contributed by atoms with Crippen LogP contribution in [0.2, 0.25) is 0 Å². The van der Waals surface area contributed by atoms with Gasteiger partial charge in [-0.3, -0.25) is 9.69 Å². The van der Waals surface area contributed by atoms with Crippen molar-refractivity contribution in [3.8, 4) is 11.4 Å². The van der Waals surface area contributed by atoms with Gasteiger partial charge in [0.2, 0.25) is 0 Å². The van der Waals surface area contributed by atoms with Crippen LogP contribution in [-0.4, -0.2) is 52.3 Å². The molecule has 1 aliphatic rings. The molecule has 5 rings (SSSR count). The van der Waals surface area contributed by atoms with Gasteiger partial charge < -0.3 is 5.73 Å². The number of hydrogen-bond donors (Lipinski definition) is 2. The average Bonchev–Trinajstić information content (AvgIpc) is 3.57. The molecule has 4 aromatic rings. The van der Waals surface area contributed by atoms with Gasteiger partial charge in [0.25, 0.3) is 5.91 Å². The van der Waals surface area contributed by atoms with Gasteiger partial charge in [0.05, 0.1) is 10.4 Å². The summed E-state index contributed by atoms with van der Waals surface area (Å²) in [6, 6.07) is 9.63. The van der Waals surface area contributed by atoms with Crippen LogP contribution in [0.4, 0.5) is 5.82 Å². The van der Waals surface area contributed by atoms with E-state index in [-0.39, 0.29) is 5.91 Å². The molecule has 0 radical (unpaired) electrons. The topological polar surface area (TPSA) is 127 Å². The van der Waals surface area contributed by atoms with Gasteiger partial charge in [-0.25, -0.2) is 9.97 Å². The highest BCUT2D eigenvalue weighted by Crippen LogP contribution is 2.35. The number of carbonyl (C=O) groups is 1. The number of nitrogens with two attached hydrogens (primary N) is 1. The van der Waals surface area contributed by atoms with Crippen molar-refractivity contribution in [3.63, 3.8) is 0 Å². The van der Waals surface area contributed by atoms with Crippen molar-refractivity contribution in [2.45, 2.75) is 25.7 Å². The minimum atomic E-state index is -0.0469. The van der Waals surface area contributed by atoms with Crippen molar-refractivity contribution < 1.29 is 4.79 Å². The van der Waals surface area contributed by atoms with E-state index in [1.165, 1.54) is 23.1 Å². The number of nitrogens with one attached hydrogen (secondary N) is 1. The first-order chi connectivity index (χ1) is 16.6. The number of fused-ring (bicyclic) bond motifs is 1. The van der Waals surface area contributed by atoms with Crippen molar-refractivity contribution in [2.75, 3.05) is 12.3 Å². The maximum Gasteiger partial charge on any atom is 0.266 e. The van der Waals surface area contributed by atoms with E-state index >= 15 is 0 Å². The van der Waals surface area contributed by atoms with Crippen LogP contribution in [0.25, 0.3) is 28.4 Å². The maximum atomic E-state index is 12.9. The molecular weight excluding hydrogens is 488 g/mol. The molecule has 0 spiro atoms. The molecule has 0 unspecified atom stereocenters. The maximum absolute atomic E-state index is 12.9. The van der Waals surface area contributed by atoms with Crippen molar-refractivity contribution in [2.24, 2.45) is 0 Å². The second kappa shape index (κ2) is 9.95. The molecule has 172 valence electrons. The molecule has 0 aliphatic carbocycles. The molecule has 1 saturated heterocycles. The third kappa shape index (κ3) is 4.83. The zero-order valence-corrected chi connectivity index (χ0v) is 20.4. The fraction of sp³-hybridized carbons (Fsp3) is 0.227. The van der Waals surface area contributed by atoms with E-state index in [2.05, 4.69) is 30.6 Å². The summed E-state index contributed by atoms with van der Waals surface area (Å²) in [5.74, 6) is 1.68. The number of tetrazole rings is 1. The molecule has 0 atom stereocenters. The van der Waals surface area contributed by atoms with Gasteiger partial charge in [-0.1, -0.05) is 47.7 Å². The summed E-state index contributed by atoms with van der Waals surface area (Å²) < 4.78 is 0.594. The van der Waals surface area contributed by atoms with Crippen molar-refractivity contribution in [1.29, 1.82) is 0 Å². The number of aryl methyl sites for hydroxylation is 1. The number of benzene rings is 1. The van der Waals surface area contributed by atoms with E-state index in [4.69, 9.17) is 18.0 Å². The molecule has 0 saturated carbocycles. The number of rotatable bonds is 8. The number of H-pyrrole nitrogens is 1. The van der Waals surface area contributed by atoms with E-state index in [1.54, 1.807) is 4.90 Å². The highest BCUT2D eigenvalue weighted by molar-refractivity contribution is 8.26. The van der Waals surface area contributed by atoms with Crippen molar-refractivity contribution in [1.82, 2.24) is 35.5 Å². The van der Waals surface area contributed by atoms with Gasteiger partial charge in [-0.15, -0.1) is 21.5 Å². The largest absolute Gasteiger partial charge is 0.383 e. The predicted molar refractivity (Wildman–Crippen MR) is 139 cm³/mol. The summed E-state index contributed by atoms with van der Waals surface area (Å²) in [6.07, 6.45) is 5.40. The lowest BCUT2D eigenvalue weighted by atomic mass is 10.2. The highest BCUT2D eigenvalue weighted by atomic mass is 32.2. The number of hydrogen-bond acceptors (Lipinski definition) is 10. The number of nitrogens with zero attached hydrogens (tertiary/aromatic N) is 6. The molecule has 1 aliphatic heterocycles. The summed E-state index contributed by atoms with van der Waals surface area (Å²) in [7, 11) is 0. The van der Waals surface area contributed by atoms with Crippen LogP contribution in [0.3, 0.4) is 0 Å². The molecule has 1 fully saturated rings. The van der Waals surface area contributed by atoms with Gasteiger partial charge in [-0.05, 0) is 37.1 Å². The van der Waals surface area contributed by atoms with Crippen LogP contribution >= 0.6 is 35.3 Å². The standard InChI is InChI=1S/C22H20N8OS3/c23-19-15-6-3-4-7-16(15)24-20(25-19)13-10-14(33-12-13)11-17-21(31)30(22(32)34-17)9-5-1-2-8-18-26-28-29-27-18/h3-4,6-7,10-12H,1-2,5,8-9H2,(H2,23,24,25)(H,26,27,28,29)/b17-11-. The number of unbranched alkanes of at least 4 members (excludes halogenated alkanes) is 2. The summed E-state index contributed by atoms with van der Waals surface area (Å²) in [5.41, 5.74) is 7.80. The smallest absolute Gasteiger partial charge is 0.266 e. The van der Waals surface area contributed by atoms with Crippen LogP contribution in [0.5, 0.6) is 0 Å². The molecule has 3 N–H and O–H groups in total. The number of amides is 1. The van der Waals surface area contributed by atoms with Crippen molar-refractivity contribution in [3.05, 3.63) is 51.3 Å². The summed E-state index contributed by atoms with van der Waals surface area (Å²) in [4.78, 5) is 25.3. The fourth-order valence-corrected chi connectivity index (χ4v) is 5.81. The van der Waals surface area contributed by atoms with Gasteiger partial charge >= 0.3 is 0 Å². The number of aromatic amines is 1. The van der Waals surface area contributed by atoms with Crippen LogP contribution in [0.15, 0.2) is 40.6 Å². The number of nitrogen functional groups attached to an aromatic ring is 1. The Bertz CT molecular complexity index is 1380. The Balaban J connectivity index is 1.23. The van der Waals surface area contributed by atoms with E-state index < -0.39 is 0 Å². The van der Waals surface area contributed by atoms with Gasteiger partial charge in [-0.2, -0.15) is 5.21 Å². The summed E-state index contributed by atoms with van der Waals surface area (Å²) in [6.45, 7) is 0.605. The van der Waals surface area contributed by atoms with Gasteiger partial charge in [0.1, 0.15) is 10.1 Å². The number of thiocarbonyl (C=S) groups is 1. The Morgan fingerprint density at radius 1 is 1.18 bits per heavy atom. The number of para-hydroxylation sites is 1. The van der Waals surface area contributed by atoms with E-state index in [9.17, 15) is 4.79 Å². The molecule has 4 heterocycles. The van der Waals surface area contributed by atoms with Gasteiger partial charge in [0.15, 0.2) is 11.6 Å². The first-order valence-corrected chi connectivity index (χ1v) is 12.8. The Labute approximate surface area is 208 Å².